The predicted molar refractivity (Wildman–Crippen MR) is 84.3 cm³/mol. The number of para-hydroxylation sites is 1. The molecule has 2 N–H and O–H groups in total. The lowest BCUT2D eigenvalue weighted by atomic mass is 9.78. The number of allylic oxidation sites excluding steroid dienone is 2. The number of carboxylic acids is 1. The average molecular weight is 299 g/mol. The van der Waals surface area contributed by atoms with E-state index in [9.17, 15) is 14.7 Å². The first-order chi connectivity index (χ1) is 10.5. The van der Waals surface area contributed by atoms with E-state index in [1.807, 2.05) is 44.2 Å². The lowest BCUT2D eigenvalue weighted by Crippen LogP contribution is -2.37. The van der Waals surface area contributed by atoms with Crippen molar-refractivity contribution in [3.8, 4) is 0 Å². The quantitative estimate of drug-likeness (QED) is 0.841. The summed E-state index contributed by atoms with van der Waals surface area (Å²) in [7, 11) is 0. The number of anilines is 1. The first-order valence-corrected chi connectivity index (χ1v) is 7.76. The van der Waals surface area contributed by atoms with Crippen LogP contribution in [0.15, 0.2) is 41.5 Å². The van der Waals surface area contributed by atoms with Crippen molar-refractivity contribution in [1.29, 1.82) is 0 Å². The molecule has 0 radical (unpaired) electrons. The van der Waals surface area contributed by atoms with Crippen LogP contribution >= 0.6 is 0 Å². The second-order valence-electron chi connectivity index (χ2n) is 6.49. The number of carbonyl (C=O) groups excluding carboxylic acids is 1. The highest BCUT2D eigenvalue weighted by Gasteiger charge is 2.57. The molecule has 1 aromatic rings. The summed E-state index contributed by atoms with van der Waals surface area (Å²) < 4.78 is 0. The number of nitrogens with one attached hydrogen (secondary N) is 1. The number of rotatable bonds is 3. The van der Waals surface area contributed by atoms with Crippen LogP contribution in [0.4, 0.5) is 5.69 Å². The summed E-state index contributed by atoms with van der Waals surface area (Å²) in [5.74, 6) is -1.95. The molecule has 2 bridgehead atoms. The number of amides is 1. The molecule has 4 nitrogen and oxygen atoms in total. The number of hydrogen-bond donors (Lipinski definition) is 2. The van der Waals surface area contributed by atoms with Gasteiger partial charge in [0, 0.05) is 5.69 Å². The highest BCUT2D eigenvalue weighted by molar-refractivity contribution is 5.96. The summed E-state index contributed by atoms with van der Waals surface area (Å²) in [4.78, 5) is 24.4. The molecule has 0 heterocycles. The molecular weight excluding hydrogens is 278 g/mol. The fraction of sp³-hybridized carbons (Fsp3) is 0.444. The monoisotopic (exact) mass is 299 g/mol. The molecule has 4 heteroatoms. The van der Waals surface area contributed by atoms with Crippen molar-refractivity contribution in [3.63, 3.8) is 0 Å². The summed E-state index contributed by atoms with van der Waals surface area (Å²) in [6, 6.07) is 9.24. The Hall–Kier alpha value is -2.10. The second-order valence-corrected chi connectivity index (χ2v) is 6.49. The Morgan fingerprint density at radius 3 is 2.18 bits per heavy atom. The summed E-state index contributed by atoms with van der Waals surface area (Å²) in [6.07, 6.45) is 1.80. The first kappa shape index (κ1) is 14.8. The molecule has 3 rings (SSSR count). The van der Waals surface area contributed by atoms with Crippen molar-refractivity contribution in [3.05, 3.63) is 41.5 Å². The highest BCUT2D eigenvalue weighted by Crippen LogP contribution is 2.57. The van der Waals surface area contributed by atoms with Gasteiger partial charge in [0.1, 0.15) is 0 Å². The number of carboxylic acid groups (broad SMARTS) is 1. The second kappa shape index (κ2) is 5.59. The molecule has 2 aliphatic rings. The summed E-state index contributed by atoms with van der Waals surface area (Å²) >= 11 is 0. The molecule has 1 amide bonds. The van der Waals surface area contributed by atoms with E-state index < -0.39 is 17.8 Å². The van der Waals surface area contributed by atoms with E-state index in [0.29, 0.717) is 0 Å². The van der Waals surface area contributed by atoms with E-state index in [4.69, 9.17) is 0 Å². The van der Waals surface area contributed by atoms with Gasteiger partial charge in [-0.3, -0.25) is 9.59 Å². The van der Waals surface area contributed by atoms with Crippen LogP contribution < -0.4 is 5.32 Å². The molecule has 0 saturated heterocycles. The highest BCUT2D eigenvalue weighted by atomic mass is 16.4. The zero-order valence-corrected chi connectivity index (χ0v) is 12.9. The zero-order valence-electron chi connectivity index (χ0n) is 12.9. The van der Waals surface area contributed by atoms with Crippen LogP contribution in [0, 0.1) is 23.7 Å². The lowest BCUT2D eigenvalue weighted by Gasteiger charge is -2.26. The van der Waals surface area contributed by atoms with Crippen molar-refractivity contribution in [2.45, 2.75) is 26.7 Å². The topological polar surface area (TPSA) is 66.4 Å². The molecule has 2 fully saturated rings. The maximum absolute atomic E-state index is 12.7. The van der Waals surface area contributed by atoms with Crippen molar-refractivity contribution in [2.75, 3.05) is 5.32 Å². The molecule has 1 aromatic carbocycles. The standard InChI is InChI=1S/C18H21NO3/c1-10(2)14-12-8-9-13(14)16(18(21)22)15(12)17(20)19-11-6-4-3-5-7-11/h3-7,12-13,15-16H,8-9H2,1-2H3,(H,19,20)(H,21,22)/t12-,13-,15+,16+/m0/s1. The van der Waals surface area contributed by atoms with Gasteiger partial charge in [-0.15, -0.1) is 0 Å². The molecule has 116 valence electrons. The number of hydrogen-bond acceptors (Lipinski definition) is 2. The SMILES string of the molecule is CC(C)=C1[C@@H]2CC[C@@H]1[C@@H](C(=O)Nc1ccccc1)[C@@H]2C(=O)O. The van der Waals surface area contributed by atoms with Gasteiger partial charge in [0.15, 0.2) is 0 Å². The van der Waals surface area contributed by atoms with Crippen LogP contribution in [-0.4, -0.2) is 17.0 Å². The molecular formula is C18H21NO3. The fourth-order valence-corrected chi connectivity index (χ4v) is 4.35. The van der Waals surface area contributed by atoms with E-state index >= 15 is 0 Å². The lowest BCUT2D eigenvalue weighted by molar-refractivity contribution is -0.148. The summed E-state index contributed by atoms with van der Waals surface area (Å²) in [5, 5.41) is 12.5. The molecule has 0 aromatic heterocycles. The van der Waals surface area contributed by atoms with Gasteiger partial charge >= 0.3 is 5.97 Å². The Labute approximate surface area is 130 Å². The minimum Gasteiger partial charge on any atom is -0.481 e. The van der Waals surface area contributed by atoms with Crippen LogP contribution in [0.2, 0.25) is 0 Å². The first-order valence-electron chi connectivity index (χ1n) is 7.76. The van der Waals surface area contributed by atoms with E-state index in [-0.39, 0.29) is 17.7 Å². The number of carbonyl (C=O) groups is 2. The summed E-state index contributed by atoms with van der Waals surface area (Å²) in [5.41, 5.74) is 3.10. The third-order valence-electron chi connectivity index (χ3n) is 5.05. The predicted octanol–water partition coefficient (Wildman–Crippen LogP) is 3.32. The van der Waals surface area contributed by atoms with Crippen LogP contribution in [-0.2, 0) is 9.59 Å². The van der Waals surface area contributed by atoms with Gasteiger partial charge in [-0.25, -0.2) is 0 Å². The Bertz CT molecular complexity index is 631. The van der Waals surface area contributed by atoms with E-state index in [2.05, 4.69) is 5.32 Å². The fourth-order valence-electron chi connectivity index (χ4n) is 4.35. The Kier molecular flexibility index (Phi) is 3.77. The Morgan fingerprint density at radius 1 is 1.05 bits per heavy atom. The van der Waals surface area contributed by atoms with Crippen molar-refractivity contribution in [1.82, 2.24) is 0 Å². The maximum Gasteiger partial charge on any atom is 0.307 e. The number of aliphatic carboxylic acids is 1. The van der Waals surface area contributed by atoms with Gasteiger partial charge < -0.3 is 10.4 Å². The van der Waals surface area contributed by atoms with Crippen molar-refractivity contribution >= 4 is 17.6 Å². The van der Waals surface area contributed by atoms with Crippen LogP contribution in [0.1, 0.15) is 26.7 Å². The normalized spacial score (nSPS) is 29.5. The average Bonchev–Trinajstić information content (AvgIpc) is 3.03. The third-order valence-corrected chi connectivity index (χ3v) is 5.05. The Morgan fingerprint density at radius 2 is 1.64 bits per heavy atom. The van der Waals surface area contributed by atoms with Gasteiger partial charge in [-0.1, -0.05) is 29.3 Å². The van der Waals surface area contributed by atoms with Gasteiger partial charge in [0.05, 0.1) is 11.8 Å². The zero-order chi connectivity index (χ0) is 15.9. The van der Waals surface area contributed by atoms with Gasteiger partial charge in [-0.2, -0.15) is 0 Å². The van der Waals surface area contributed by atoms with Crippen LogP contribution in [0.3, 0.4) is 0 Å². The summed E-state index contributed by atoms with van der Waals surface area (Å²) in [6.45, 7) is 4.05. The van der Waals surface area contributed by atoms with E-state index in [1.54, 1.807) is 0 Å². The molecule has 22 heavy (non-hydrogen) atoms. The molecule has 0 spiro atoms. The molecule has 2 aliphatic carbocycles. The van der Waals surface area contributed by atoms with Gasteiger partial charge in [-0.05, 0) is 50.7 Å². The van der Waals surface area contributed by atoms with Gasteiger partial charge in [0.2, 0.25) is 5.91 Å². The van der Waals surface area contributed by atoms with Crippen LogP contribution in [0.25, 0.3) is 0 Å². The number of fused-ring (bicyclic) bond motifs is 2. The van der Waals surface area contributed by atoms with Crippen molar-refractivity contribution in [2.24, 2.45) is 23.7 Å². The van der Waals surface area contributed by atoms with Gasteiger partial charge in [0.25, 0.3) is 0 Å². The number of benzene rings is 1. The molecule has 4 atom stereocenters. The van der Waals surface area contributed by atoms with Crippen LogP contribution in [0.5, 0.6) is 0 Å². The van der Waals surface area contributed by atoms with E-state index in [0.717, 1.165) is 18.5 Å². The maximum atomic E-state index is 12.7. The molecule has 0 aliphatic heterocycles. The smallest absolute Gasteiger partial charge is 0.307 e. The third kappa shape index (κ3) is 2.32. The minimum absolute atomic E-state index is 0.0269. The molecule has 2 saturated carbocycles. The largest absolute Gasteiger partial charge is 0.481 e. The Balaban J connectivity index is 1.90. The van der Waals surface area contributed by atoms with E-state index in [1.165, 1.54) is 11.1 Å². The van der Waals surface area contributed by atoms with Crippen molar-refractivity contribution < 1.29 is 14.7 Å². The minimum atomic E-state index is -0.848. The molecule has 0 unspecified atom stereocenters.